The van der Waals surface area contributed by atoms with Crippen LogP contribution in [0, 0.1) is 0 Å². The first-order valence-electron chi connectivity index (χ1n) is 5.69. The smallest absolute Gasteiger partial charge is 0.263 e. The maximum Gasteiger partial charge on any atom is 0.263 e. The SMILES string of the molecule is NCc1ccc(Br)c(S(=O)(=O)Nc2ccc(Cl)cc2)c1. The molecule has 0 atom stereocenters. The molecular formula is C13H12BrClN2O2S. The molecule has 0 fully saturated rings. The molecule has 0 radical (unpaired) electrons. The van der Waals surface area contributed by atoms with E-state index in [1.54, 1.807) is 42.5 Å². The Labute approximate surface area is 131 Å². The topological polar surface area (TPSA) is 72.2 Å². The van der Waals surface area contributed by atoms with Crippen molar-refractivity contribution in [3.05, 3.63) is 57.5 Å². The van der Waals surface area contributed by atoms with Crippen LogP contribution in [0.3, 0.4) is 0 Å². The normalized spacial score (nSPS) is 11.3. The summed E-state index contributed by atoms with van der Waals surface area (Å²) in [5.74, 6) is 0. The highest BCUT2D eigenvalue weighted by Gasteiger charge is 2.18. The van der Waals surface area contributed by atoms with Crippen molar-refractivity contribution in [2.75, 3.05) is 4.72 Å². The third-order valence-electron chi connectivity index (χ3n) is 2.62. The first-order valence-corrected chi connectivity index (χ1v) is 8.34. The summed E-state index contributed by atoms with van der Waals surface area (Å²) in [6.45, 7) is 0.275. The maximum absolute atomic E-state index is 12.4. The van der Waals surface area contributed by atoms with Gasteiger partial charge in [-0.25, -0.2) is 8.42 Å². The molecule has 0 saturated carbocycles. The molecule has 0 saturated heterocycles. The van der Waals surface area contributed by atoms with Gasteiger partial charge in [-0.2, -0.15) is 0 Å². The minimum atomic E-state index is -3.68. The molecule has 2 aromatic carbocycles. The van der Waals surface area contributed by atoms with E-state index in [0.29, 0.717) is 15.2 Å². The Morgan fingerprint density at radius 2 is 1.80 bits per heavy atom. The molecule has 7 heteroatoms. The standard InChI is InChI=1S/C13H12BrClN2O2S/c14-12-6-1-9(8-16)7-13(12)20(18,19)17-11-4-2-10(15)3-5-11/h1-7,17H,8,16H2. The molecule has 0 aliphatic rings. The average Bonchev–Trinajstić information content (AvgIpc) is 2.41. The van der Waals surface area contributed by atoms with Crippen molar-refractivity contribution in [2.24, 2.45) is 5.73 Å². The van der Waals surface area contributed by atoms with E-state index < -0.39 is 10.0 Å². The predicted molar refractivity (Wildman–Crippen MR) is 84.3 cm³/mol. The number of sulfonamides is 1. The van der Waals surface area contributed by atoms with E-state index >= 15 is 0 Å². The highest BCUT2D eigenvalue weighted by molar-refractivity contribution is 9.10. The van der Waals surface area contributed by atoms with Crippen molar-refractivity contribution in [3.63, 3.8) is 0 Å². The van der Waals surface area contributed by atoms with Crippen molar-refractivity contribution in [3.8, 4) is 0 Å². The molecule has 2 aromatic rings. The lowest BCUT2D eigenvalue weighted by atomic mass is 10.2. The monoisotopic (exact) mass is 374 g/mol. The zero-order chi connectivity index (χ0) is 14.8. The Morgan fingerprint density at radius 1 is 1.15 bits per heavy atom. The van der Waals surface area contributed by atoms with Crippen molar-refractivity contribution in [1.29, 1.82) is 0 Å². The van der Waals surface area contributed by atoms with Gasteiger partial charge in [0.1, 0.15) is 4.90 Å². The lowest BCUT2D eigenvalue weighted by Gasteiger charge is -2.11. The summed E-state index contributed by atoms with van der Waals surface area (Å²) in [6.07, 6.45) is 0. The molecule has 106 valence electrons. The van der Waals surface area contributed by atoms with Gasteiger partial charge in [0.2, 0.25) is 0 Å². The maximum atomic E-state index is 12.4. The molecule has 0 aliphatic heterocycles. The van der Waals surface area contributed by atoms with Crippen LogP contribution in [0.1, 0.15) is 5.56 Å². The van der Waals surface area contributed by atoms with Gasteiger partial charge in [-0.05, 0) is 57.9 Å². The number of anilines is 1. The largest absolute Gasteiger partial charge is 0.326 e. The number of hydrogen-bond acceptors (Lipinski definition) is 3. The van der Waals surface area contributed by atoms with Crippen LogP contribution >= 0.6 is 27.5 Å². The van der Waals surface area contributed by atoms with Gasteiger partial charge in [-0.15, -0.1) is 0 Å². The lowest BCUT2D eigenvalue weighted by Crippen LogP contribution is -2.14. The van der Waals surface area contributed by atoms with Crippen molar-refractivity contribution in [1.82, 2.24) is 0 Å². The van der Waals surface area contributed by atoms with Gasteiger partial charge in [0.25, 0.3) is 10.0 Å². The van der Waals surface area contributed by atoms with Crippen LogP contribution in [-0.2, 0) is 16.6 Å². The van der Waals surface area contributed by atoms with Crippen LogP contribution in [0.25, 0.3) is 0 Å². The highest BCUT2D eigenvalue weighted by Crippen LogP contribution is 2.25. The summed E-state index contributed by atoms with van der Waals surface area (Å²) in [5.41, 5.74) is 6.72. The third-order valence-corrected chi connectivity index (χ3v) is 5.24. The van der Waals surface area contributed by atoms with E-state index in [1.807, 2.05) is 0 Å². The molecule has 2 rings (SSSR count). The zero-order valence-electron chi connectivity index (χ0n) is 10.3. The Hall–Kier alpha value is -1.08. The molecule has 4 nitrogen and oxygen atoms in total. The van der Waals surface area contributed by atoms with Crippen molar-refractivity contribution >= 4 is 43.2 Å². The van der Waals surface area contributed by atoms with Crippen LogP contribution in [0.2, 0.25) is 5.02 Å². The molecule has 0 unspecified atom stereocenters. The van der Waals surface area contributed by atoms with Gasteiger partial charge in [-0.3, -0.25) is 4.72 Å². The van der Waals surface area contributed by atoms with E-state index in [4.69, 9.17) is 17.3 Å². The number of hydrogen-bond donors (Lipinski definition) is 2. The number of rotatable bonds is 4. The van der Waals surface area contributed by atoms with Gasteiger partial charge in [0.05, 0.1) is 0 Å². The molecule has 0 amide bonds. The van der Waals surface area contributed by atoms with Crippen molar-refractivity contribution < 1.29 is 8.42 Å². The van der Waals surface area contributed by atoms with E-state index in [9.17, 15) is 8.42 Å². The molecule has 20 heavy (non-hydrogen) atoms. The molecule has 0 heterocycles. The van der Waals surface area contributed by atoms with Gasteiger partial charge in [-0.1, -0.05) is 17.7 Å². The zero-order valence-corrected chi connectivity index (χ0v) is 13.5. The average molecular weight is 376 g/mol. The second-order valence-electron chi connectivity index (χ2n) is 4.08. The Kier molecular flexibility index (Phi) is 4.70. The van der Waals surface area contributed by atoms with Crippen LogP contribution in [0.15, 0.2) is 51.8 Å². The van der Waals surface area contributed by atoms with Crippen LogP contribution in [0.5, 0.6) is 0 Å². The lowest BCUT2D eigenvalue weighted by molar-refractivity contribution is 0.600. The fraction of sp³-hybridized carbons (Fsp3) is 0.0769. The first kappa shape index (κ1) is 15.3. The van der Waals surface area contributed by atoms with Crippen LogP contribution < -0.4 is 10.5 Å². The van der Waals surface area contributed by atoms with Gasteiger partial charge in [0.15, 0.2) is 0 Å². The highest BCUT2D eigenvalue weighted by atomic mass is 79.9. The summed E-state index contributed by atoms with van der Waals surface area (Å²) in [5, 5.41) is 0.541. The number of benzene rings is 2. The Morgan fingerprint density at radius 3 is 2.40 bits per heavy atom. The summed E-state index contributed by atoms with van der Waals surface area (Å²) < 4.78 is 27.7. The minimum absolute atomic E-state index is 0.149. The number of halogens is 2. The molecule has 0 spiro atoms. The van der Waals surface area contributed by atoms with Gasteiger partial charge >= 0.3 is 0 Å². The summed E-state index contributed by atoms with van der Waals surface area (Å²) in [7, 11) is -3.68. The number of nitrogens with one attached hydrogen (secondary N) is 1. The van der Waals surface area contributed by atoms with E-state index in [-0.39, 0.29) is 11.4 Å². The van der Waals surface area contributed by atoms with E-state index in [1.165, 1.54) is 0 Å². The van der Waals surface area contributed by atoms with Crippen LogP contribution in [-0.4, -0.2) is 8.42 Å². The Balaban J connectivity index is 2.37. The van der Waals surface area contributed by atoms with E-state index in [0.717, 1.165) is 5.56 Å². The molecule has 0 aliphatic carbocycles. The second kappa shape index (κ2) is 6.13. The predicted octanol–water partition coefficient (Wildman–Crippen LogP) is 3.36. The summed E-state index contributed by atoms with van der Waals surface area (Å²) in [6, 6.07) is 11.4. The number of nitrogens with two attached hydrogens (primary N) is 1. The fourth-order valence-corrected chi connectivity index (χ4v) is 3.81. The third kappa shape index (κ3) is 3.52. The first-order chi connectivity index (χ1) is 9.42. The van der Waals surface area contributed by atoms with Gasteiger partial charge in [0, 0.05) is 21.7 Å². The molecular weight excluding hydrogens is 364 g/mol. The molecule has 3 N–H and O–H groups in total. The summed E-state index contributed by atoms with van der Waals surface area (Å²) >= 11 is 9.01. The summed E-state index contributed by atoms with van der Waals surface area (Å²) in [4.78, 5) is 0.149. The fourth-order valence-electron chi connectivity index (χ4n) is 1.61. The van der Waals surface area contributed by atoms with E-state index in [2.05, 4.69) is 20.7 Å². The van der Waals surface area contributed by atoms with Crippen molar-refractivity contribution in [2.45, 2.75) is 11.4 Å². The second-order valence-corrected chi connectivity index (χ2v) is 7.02. The quantitative estimate of drug-likeness (QED) is 0.860. The molecule has 0 bridgehead atoms. The van der Waals surface area contributed by atoms with Gasteiger partial charge < -0.3 is 5.73 Å². The van der Waals surface area contributed by atoms with Crippen LogP contribution in [0.4, 0.5) is 5.69 Å². The Bertz CT molecular complexity index is 718. The minimum Gasteiger partial charge on any atom is -0.326 e. The molecule has 0 aromatic heterocycles.